The summed E-state index contributed by atoms with van der Waals surface area (Å²) in [6.07, 6.45) is 8.60. The Morgan fingerprint density at radius 1 is 1.00 bits per heavy atom. The number of benzene rings is 3. The molecule has 7 rings (SSSR count). The second-order valence-electron chi connectivity index (χ2n) is 14.0. The molecule has 0 spiro atoms. The van der Waals surface area contributed by atoms with Crippen LogP contribution in [0.5, 0.6) is 0 Å². The molecule has 0 saturated carbocycles. The van der Waals surface area contributed by atoms with Crippen LogP contribution in [0.15, 0.2) is 112 Å². The van der Waals surface area contributed by atoms with Gasteiger partial charge >= 0.3 is 12.1 Å². The Hall–Kier alpha value is -4.17. The first-order valence-corrected chi connectivity index (χ1v) is 21.3. The Balaban J connectivity index is 1.16. The number of rotatable bonds is 11. The molecule has 3 aromatic carbocycles. The molecule has 1 amide bonds. The Labute approximate surface area is 321 Å². The molecule has 0 bridgehead atoms. The highest BCUT2D eigenvalue weighted by atomic mass is 32.2. The van der Waals surface area contributed by atoms with Gasteiger partial charge in [-0.15, -0.1) is 0 Å². The fourth-order valence-corrected chi connectivity index (χ4v) is 10.1. The molecule has 1 unspecified atom stereocenters. The van der Waals surface area contributed by atoms with Crippen molar-refractivity contribution in [3.63, 3.8) is 0 Å². The van der Waals surface area contributed by atoms with Crippen LogP contribution < -0.4 is 14.8 Å². The highest BCUT2D eigenvalue weighted by molar-refractivity contribution is 8.03. The number of thiazole rings is 1. The van der Waals surface area contributed by atoms with Crippen molar-refractivity contribution in [3.8, 4) is 11.1 Å². The van der Waals surface area contributed by atoms with Crippen LogP contribution in [0.2, 0.25) is 0 Å². The second-order valence-corrected chi connectivity index (χ2v) is 17.6. The van der Waals surface area contributed by atoms with Crippen molar-refractivity contribution in [2.45, 2.75) is 63.1 Å². The first-order chi connectivity index (χ1) is 25.8. The number of amides is 1. The lowest BCUT2D eigenvalue weighted by molar-refractivity contribution is -0.668. The van der Waals surface area contributed by atoms with E-state index in [0.717, 1.165) is 73.2 Å². The average Bonchev–Trinajstić information content (AvgIpc) is 3.64. The monoisotopic (exact) mass is 792 g/mol. The van der Waals surface area contributed by atoms with Gasteiger partial charge in [0.15, 0.2) is 6.54 Å². The molecule has 2 heterocycles. The first-order valence-electron chi connectivity index (χ1n) is 18.0. The van der Waals surface area contributed by atoms with E-state index in [4.69, 9.17) is 0 Å². The molecule has 2 N–H and O–H groups in total. The maximum Gasteiger partial charge on any atom is 0.471 e. The minimum atomic E-state index is -4.91. The van der Waals surface area contributed by atoms with Crippen LogP contribution in [0, 0.1) is 12.8 Å². The number of anilines is 1. The number of carbonyl (C=O) groups is 1. The maximum atomic E-state index is 12.8. The lowest BCUT2D eigenvalue weighted by Gasteiger charge is -2.29. The summed E-state index contributed by atoms with van der Waals surface area (Å²) in [6.45, 7) is 2.85. The van der Waals surface area contributed by atoms with E-state index in [1.807, 2.05) is 42.6 Å². The number of aryl methyl sites for hydroxylation is 2. The van der Waals surface area contributed by atoms with Crippen LogP contribution in [-0.4, -0.2) is 43.9 Å². The first kappa shape index (κ1) is 38.1. The number of alkyl halides is 3. The van der Waals surface area contributed by atoms with E-state index in [2.05, 4.69) is 70.2 Å². The number of nitrogens with one attached hydrogen (secondary N) is 1. The molecule has 282 valence electrons. The molecule has 7 nitrogen and oxygen atoms in total. The fraction of sp³-hybridized carbons (Fsp3) is 0.317. The smallest absolute Gasteiger partial charge is 0.348 e. The Bertz CT molecular complexity index is 2310. The normalized spacial score (nSPS) is 18.8. The molecule has 1 aliphatic heterocycles. The summed E-state index contributed by atoms with van der Waals surface area (Å²) in [4.78, 5) is 14.7. The number of hydrogen-bond donors (Lipinski definition) is 2. The van der Waals surface area contributed by atoms with Crippen molar-refractivity contribution in [1.82, 2.24) is 5.32 Å². The second kappa shape index (κ2) is 15.9. The lowest BCUT2D eigenvalue weighted by atomic mass is 9.77. The van der Waals surface area contributed by atoms with Gasteiger partial charge in [0, 0.05) is 36.5 Å². The number of allylic oxidation sites excluding steroid dienone is 6. The standard InChI is InChI=1S/C41H40F3N3O4S3/c1-27-9-15-36-34(21-27)47(19-6-20-54(49,50)51)39(52-36)25-29-11-13-31-12-10-28(22-33(31)23-29)24-38-46(18-5-17-45-40(48)41(42,43)44)35-26-32(14-16-37(35)53-38)30-7-3-2-4-8-30/h2-4,7-9,14-16,21-26,31H,5-6,10-13,17-20H2,1H3,(H-,45,48,49,50,51)/p+1. The third-order valence-electron chi connectivity index (χ3n) is 9.96. The predicted octanol–water partition coefficient (Wildman–Crippen LogP) is 9.40. The molecule has 1 aromatic heterocycles. The van der Waals surface area contributed by atoms with Crippen molar-refractivity contribution in [1.29, 1.82) is 0 Å². The molecule has 1 atom stereocenters. The maximum absolute atomic E-state index is 12.8. The van der Waals surface area contributed by atoms with E-state index in [9.17, 15) is 30.9 Å². The van der Waals surface area contributed by atoms with Crippen LogP contribution in [0.3, 0.4) is 0 Å². The quantitative estimate of drug-likeness (QED) is 0.0894. The van der Waals surface area contributed by atoms with Gasteiger partial charge in [-0.3, -0.25) is 9.35 Å². The van der Waals surface area contributed by atoms with E-state index in [1.165, 1.54) is 16.7 Å². The highest BCUT2D eigenvalue weighted by Crippen LogP contribution is 2.49. The zero-order valence-corrected chi connectivity index (χ0v) is 32.2. The Kier molecular flexibility index (Phi) is 11.2. The summed E-state index contributed by atoms with van der Waals surface area (Å²) in [5, 5.41) is 4.05. The van der Waals surface area contributed by atoms with E-state index in [-0.39, 0.29) is 12.3 Å². The topological polar surface area (TPSA) is 90.6 Å². The van der Waals surface area contributed by atoms with Crippen LogP contribution >= 0.6 is 23.1 Å². The van der Waals surface area contributed by atoms with Crippen LogP contribution in [-0.2, 0) is 21.5 Å². The zero-order valence-electron chi connectivity index (χ0n) is 29.7. The zero-order chi connectivity index (χ0) is 38.0. The van der Waals surface area contributed by atoms with E-state index in [1.54, 1.807) is 23.1 Å². The van der Waals surface area contributed by atoms with Crippen molar-refractivity contribution in [3.05, 3.63) is 117 Å². The van der Waals surface area contributed by atoms with Crippen molar-refractivity contribution in [2.75, 3.05) is 23.7 Å². The third-order valence-corrected chi connectivity index (χ3v) is 13.0. The summed E-state index contributed by atoms with van der Waals surface area (Å²) in [7, 11) is -4.06. The van der Waals surface area contributed by atoms with E-state index in [0.29, 0.717) is 31.8 Å². The minimum Gasteiger partial charge on any atom is -0.348 e. The van der Waals surface area contributed by atoms with Gasteiger partial charge in [0.05, 0.1) is 16.5 Å². The number of aromatic nitrogens is 1. The van der Waals surface area contributed by atoms with Crippen LogP contribution in [0.1, 0.15) is 49.1 Å². The average molecular weight is 793 g/mol. The minimum absolute atomic E-state index is 0.0905. The van der Waals surface area contributed by atoms with Gasteiger partial charge in [-0.05, 0) is 103 Å². The SMILES string of the molecule is Cc1ccc2sc(/C=C3/C=C4C=C(/C=C5\Sc6ccc(-c7ccccc7)cc6N5CCCNC(=O)C(F)(F)F)CCC4CC3)[n+](CCCS(=O)(=O)O)c2c1. The summed E-state index contributed by atoms with van der Waals surface area (Å²) < 4.78 is 74.1. The Morgan fingerprint density at radius 2 is 1.80 bits per heavy atom. The molecule has 3 aliphatic rings. The molecular formula is C41H41F3N3O4S3+. The van der Waals surface area contributed by atoms with Gasteiger partial charge in [-0.1, -0.05) is 77.7 Å². The number of hydrogen-bond acceptors (Lipinski definition) is 6. The number of halogens is 3. The molecule has 54 heavy (non-hydrogen) atoms. The van der Waals surface area contributed by atoms with Crippen molar-refractivity contribution >= 4 is 61.1 Å². The van der Waals surface area contributed by atoms with Crippen LogP contribution in [0.25, 0.3) is 27.4 Å². The van der Waals surface area contributed by atoms with Gasteiger partial charge in [0.25, 0.3) is 15.1 Å². The van der Waals surface area contributed by atoms with Crippen molar-refractivity contribution < 1.29 is 35.5 Å². The molecular weight excluding hydrogens is 752 g/mol. The molecule has 0 saturated heterocycles. The molecule has 0 fully saturated rings. The summed E-state index contributed by atoms with van der Waals surface area (Å²) in [5.41, 5.74) is 8.94. The summed E-state index contributed by atoms with van der Waals surface area (Å²) in [5.74, 6) is -1.77. The van der Waals surface area contributed by atoms with Gasteiger partial charge in [-0.25, -0.2) is 0 Å². The highest BCUT2D eigenvalue weighted by Gasteiger charge is 2.38. The number of thioether (sulfide) groups is 1. The van der Waals surface area contributed by atoms with Gasteiger partial charge < -0.3 is 10.2 Å². The largest absolute Gasteiger partial charge is 0.471 e. The molecule has 4 aromatic rings. The summed E-state index contributed by atoms with van der Waals surface area (Å²) in [6, 6.07) is 22.6. The van der Waals surface area contributed by atoms with Crippen LogP contribution in [0.4, 0.5) is 18.9 Å². The van der Waals surface area contributed by atoms with Gasteiger partial charge in [0.2, 0.25) is 5.52 Å². The molecule has 2 aliphatic carbocycles. The van der Waals surface area contributed by atoms with Gasteiger partial charge in [0.1, 0.15) is 4.70 Å². The van der Waals surface area contributed by atoms with E-state index < -0.39 is 22.2 Å². The Morgan fingerprint density at radius 3 is 2.57 bits per heavy atom. The number of nitrogens with zero attached hydrogens (tertiary/aromatic N) is 2. The fourth-order valence-electron chi connectivity index (χ4n) is 7.30. The van der Waals surface area contributed by atoms with E-state index >= 15 is 0 Å². The van der Waals surface area contributed by atoms with Crippen molar-refractivity contribution in [2.24, 2.45) is 5.92 Å². The summed E-state index contributed by atoms with van der Waals surface area (Å²) >= 11 is 3.32. The lowest BCUT2D eigenvalue weighted by Crippen LogP contribution is -2.38. The molecule has 13 heteroatoms. The number of fused-ring (bicyclic) bond motifs is 3. The van der Waals surface area contributed by atoms with Gasteiger partial charge in [-0.2, -0.15) is 26.2 Å². The predicted molar refractivity (Wildman–Crippen MR) is 211 cm³/mol. The third kappa shape index (κ3) is 9.02. The molecule has 0 radical (unpaired) electrons. The number of carbonyl (C=O) groups excluding carboxylic acids is 1.